The molecule has 3 rings (SSSR count). The quantitative estimate of drug-likeness (QED) is 0.927. The molecule has 1 unspecified atom stereocenters. The van der Waals surface area contributed by atoms with E-state index < -0.39 is 0 Å². The Kier molecular flexibility index (Phi) is 4.17. The van der Waals surface area contributed by atoms with Gasteiger partial charge in [0.1, 0.15) is 16.8 Å². The Balaban J connectivity index is 1.95. The van der Waals surface area contributed by atoms with Crippen molar-refractivity contribution in [3.05, 3.63) is 17.3 Å². The highest BCUT2D eigenvalue weighted by Gasteiger charge is 2.28. The number of aromatic nitrogens is 2. The van der Waals surface area contributed by atoms with E-state index in [0.717, 1.165) is 16.0 Å². The lowest BCUT2D eigenvalue weighted by Crippen LogP contribution is -2.21. The van der Waals surface area contributed by atoms with Crippen molar-refractivity contribution in [1.82, 2.24) is 9.97 Å². The van der Waals surface area contributed by atoms with Crippen LogP contribution in [0.25, 0.3) is 10.2 Å². The molecule has 1 aliphatic carbocycles. The van der Waals surface area contributed by atoms with Crippen molar-refractivity contribution in [2.24, 2.45) is 5.92 Å². The molecule has 2 aromatic heterocycles. The molecule has 1 atom stereocenters. The smallest absolute Gasteiger partial charge is 0.161 e. The third-order valence-corrected chi connectivity index (χ3v) is 4.86. The summed E-state index contributed by atoms with van der Waals surface area (Å²) in [5.74, 6) is 1.87. The Labute approximate surface area is 123 Å². The van der Waals surface area contributed by atoms with Crippen LogP contribution in [0.4, 0.5) is 5.82 Å². The van der Waals surface area contributed by atoms with Gasteiger partial charge in [0, 0.05) is 6.61 Å². The van der Waals surface area contributed by atoms with Crippen LogP contribution in [0.3, 0.4) is 0 Å². The van der Waals surface area contributed by atoms with E-state index in [9.17, 15) is 0 Å². The van der Waals surface area contributed by atoms with Crippen molar-refractivity contribution >= 4 is 27.4 Å². The first-order valence-electron chi connectivity index (χ1n) is 7.41. The first-order chi connectivity index (χ1) is 9.79. The van der Waals surface area contributed by atoms with Crippen LogP contribution in [0.2, 0.25) is 0 Å². The van der Waals surface area contributed by atoms with E-state index in [-0.39, 0.29) is 6.10 Å². The zero-order valence-corrected chi connectivity index (χ0v) is 12.7. The molecule has 0 saturated heterocycles. The highest BCUT2D eigenvalue weighted by atomic mass is 32.1. The number of hydrogen-bond donors (Lipinski definition) is 1. The Bertz CT molecular complexity index is 578. The van der Waals surface area contributed by atoms with Crippen LogP contribution in [-0.2, 0) is 4.74 Å². The molecule has 0 aromatic carbocycles. The molecule has 0 spiro atoms. The highest BCUT2D eigenvalue weighted by Crippen LogP contribution is 2.37. The third-order valence-electron chi connectivity index (χ3n) is 4.05. The van der Waals surface area contributed by atoms with Gasteiger partial charge < -0.3 is 10.5 Å². The second-order valence-electron chi connectivity index (χ2n) is 5.38. The van der Waals surface area contributed by atoms with Gasteiger partial charge in [-0.1, -0.05) is 19.3 Å². The molecule has 4 nitrogen and oxygen atoms in total. The van der Waals surface area contributed by atoms with Crippen LogP contribution in [0.5, 0.6) is 0 Å². The van der Waals surface area contributed by atoms with Crippen molar-refractivity contribution in [3.63, 3.8) is 0 Å². The number of ether oxygens (including phenoxy) is 1. The lowest BCUT2D eigenvalue weighted by molar-refractivity contribution is 0.000159. The van der Waals surface area contributed by atoms with E-state index in [1.54, 1.807) is 11.3 Å². The van der Waals surface area contributed by atoms with E-state index in [0.29, 0.717) is 18.3 Å². The number of nitrogen functional groups attached to an aromatic ring is 1. The molecule has 1 aliphatic rings. The van der Waals surface area contributed by atoms with Gasteiger partial charge in [0.05, 0.1) is 5.39 Å². The molecule has 5 heteroatoms. The SMILES string of the molecule is CCOC(c1nc(N)c2ccsc2n1)C1CCCCC1. The molecule has 20 heavy (non-hydrogen) atoms. The van der Waals surface area contributed by atoms with Crippen LogP contribution in [-0.4, -0.2) is 16.6 Å². The van der Waals surface area contributed by atoms with Crippen molar-refractivity contribution in [2.45, 2.75) is 45.1 Å². The maximum Gasteiger partial charge on any atom is 0.161 e. The van der Waals surface area contributed by atoms with Gasteiger partial charge in [0.2, 0.25) is 0 Å². The summed E-state index contributed by atoms with van der Waals surface area (Å²) >= 11 is 1.61. The summed E-state index contributed by atoms with van der Waals surface area (Å²) in [6, 6.07) is 1.98. The molecular weight excluding hydrogens is 270 g/mol. The van der Waals surface area contributed by atoms with Crippen LogP contribution < -0.4 is 5.73 Å². The molecule has 2 N–H and O–H groups in total. The molecule has 0 radical (unpaired) electrons. The summed E-state index contributed by atoms with van der Waals surface area (Å²) in [6.45, 7) is 2.72. The minimum Gasteiger partial charge on any atom is -0.383 e. The zero-order chi connectivity index (χ0) is 13.9. The fourth-order valence-corrected chi connectivity index (χ4v) is 3.84. The average Bonchev–Trinajstić information content (AvgIpc) is 2.94. The van der Waals surface area contributed by atoms with Gasteiger partial charge in [-0.05, 0) is 37.1 Å². The summed E-state index contributed by atoms with van der Waals surface area (Å²) in [6.07, 6.45) is 6.31. The normalized spacial score (nSPS) is 18.4. The molecule has 0 amide bonds. The van der Waals surface area contributed by atoms with E-state index in [2.05, 4.69) is 4.98 Å². The van der Waals surface area contributed by atoms with Gasteiger partial charge in [0.25, 0.3) is 0 Å². The van der Waals surface area contributed by atoms with Crippen molar-refractivity contribution in [1.29, 1.82) is 0 Å². The van der Waals surface area contributed by atoms with Crippen molar-refractivity contribution in [2.75, 3.05) is 12.3 Å². The van der Waals surface area contributed by atoms with Gasteiger partial charge in [0.15, 0.2) is 5.82 Å². The van der Waals surface area contributed by atoms with E-state index >= 15 is 0 Å². The average molecular weight is 291 g/mol. The Morgan fingerprint density at radius 1 is 1.35 bits per heavy atom. The van der Waals surface area contributed by atoms with E-state index in [1.807, 2.05) is 18.4 Å². The van der Waals surface area contributed by atoms with Crippen LogP contribution in [0.1, 0.15) is 51.0 Å². The predicted molar refractivity (Wildman–Crippen MR) is 82.8 cm³/mol. The predicted octanol–water partition coefficient (Wildman–Crippen LogP) is 3.93. The van der Waals surface area contributed by atoms with Crippen molar-refractivity contribution < 1.29 is 4.74 Å². The maximum atomic E-state index is 6.06. The number of thiophene rings is 1. The zero-order valence-electron chi connectivity index (χ0n) is 11.8. The number of rotatable bonds is 4. The Morgan fingerprint density at radius 3 is 2.90 bits per heavy atom. The van der Waals surface area contributed by atoms with Gasteiger partial charge in [-0.2, -0.15) is 0 Å². The number of fused-ring (bicyclic) bond motifs is 1. The topological polar surface area (TPSA) is 61.0 Å². The summed E-state index contributed by atoms with van der Waals surface area (Å²) < 4.78 is 5.97. The minimum atomic E-state index is -0.00546. The van der Waals surface area contributed by atoms with E-state index in [1.165, 1.54) is 32.1 Å². The highest BCUT2D eigenvalue weighted by molar-refractivity contribution is 7.16. The number of hydrogen-bond acceptors (Lipinski definition) is 5. The molecule has 0 bridgehead atoms. The Morgan fingerprint density at radius 2 is 2.15 bits per heavy atom. The van der Waals surface area contributed by atoms with Gasteiger partial charge in [-0.15, -0.1) is 11.3 Å². The summed E-state index contributed by atoms with van der Waals surface area (Å²) in [5.41, 5.74) is 6.06. The van der Waals surface area contributed by atoms with Crippen LogP contribution >= 0.6 is 11.3 Å². The van der Waals surface area contributed by atoms with Gasteiger partial charge in [-0.25, -0.2) is 9.97 Å². The lowest BCUT2D eigenvalue weighted by atomic mass is 9.85. The first kappa shape index (κ1) is 13.8. The Hall–Kier alpha value is -1.20. The fraction of sp³-hybridized carbons (Fsp3) is 0.600. The molecule has 1 fully saturated rings. The van der Waals surface area contributed by atoms with Gasteiger partial charge in [-0.3, -0.25) is 0 Å². The van der Waals surface area contributed by atoms with Gasteiger partial charge >= 0.3 is 0 Å². The number of nitrogens with zero attached hydrogens (tertiary/aromatic N) is 2. The standard InChI is InChI=1S/C15H21N3OS/c1-2-19-12(10-6-4-3-5-7-10)14-17-13(16)11-8-9-20-15(11)18-14/h8-10,12H,2-7H2,1H3,(H2,16,17,18). The minimum absolute atomic E-state index is 0.00546. The van der Waals surface area contributed by atoms with E-state index in [4.69, 9.17) is 15.5 Å². The molecule has 108 valence electrons. The van der Waals surface area contributed by atoms with Crippen LogP contribution in [0.15, 0.2) is 11.4 Å². The number of nitrogens with two attached hydrogens (primary N) is 1. The van der Waals surface area contributed by atoms with Crippen LogP contribution in [0, 0.1) is 5.92 Å². The lowest BCUT2D eigenvalue weighted by Gasteiger charge is -2.29. The van der Waals surface area contributed by atoms with Crippen molar-refractivity contribution in [3.8, 4) is 0 Å². The second-order valence-corrected chi connectivity index (χ2v) is 6.28. The molecular formula is C15H21N3OS. The molecule has 0 aliphatic heterocycles. The monoisotopic (exact) mass is 291 g/mol. The summed E-state index contributed by atoms with van der Waals surface area (Å²) in [4.78, 5) is 10.2. The molecule has 2 heterocycles. The largest absolute Gasteiger partial charge is 0.383 e. The third kappa shape index (κ3) is 2.65. The molecule has 1 saturated carbocycles. The maximum absolute atomic E-state index is 6.06. The summed E-state index contributed by atoms with van der Waals surface area (Å²) in [5, 5.41) is 2.97. The number of anilines is 1. The second kappa shape index (κ2) is 6.06. The fourth-order valence-electron chi connectivity index (χ4n) is 3.06. The summed E-state index contributed by atoms with van der Waals surface area (Å²) in [7, 11) is 0. The first-order valence-corrected chi connectivity index (χ1v) is 8.29. The molecule has 2 aromatic rings.